The highest BCUT2D eigenvalue weighted by Gasteiger charge is 2.11. The zero-order valence-electron chi connectivity index (χ0n) is 16.4. The number of carbonyl (C=O) groups excluding carboxylic acids is 1. The third-order valence-electron chi connectivity index (χ3n) is 4.48. The Morgan fingerprint density at radius 3 is 2.50 bits per heavy atom. The molecule has 0 saturated carbocycles. The standard InChI is InChI=1S/C21H25ClN2O3S/c1-5-12(2)15-6-7-18(25)17(10-15)23-21(28)24-19(26)11-27-16-8-13(3)20(22)14(4)9-16/h6-10,12,25H,5,11H2,1-4H3,(H2,23,24,26,28). The Morgan fingerprint density at radius 2 is 1.89 bits per heavy atom. The summed E-state index contributed by atoms with van der Waals surface area (Å²) in [6.45, 7) is 7.76. The van der Waals surface area contributed by atoms with Crippen molar-refractivity contribution in [1.29, 1.82) is 0 Å². The van der Waals surface area contributed by atoms with Crippen molar-refractivity contribution in [3.05, 3.63) is 52.0 Å². The van der Waals surface area contributed by atoms with Gasteiger partial charge in [0.25, 0.3) is 5.91 Å². The van der Waals surface area contributed by atoms with Crippen molar-refractivity contribution in [2.75, 3.05) is 11.9 Å². The second kappa shape index (κ2) is 9.75. The molecular formula is C21H25ClN2O3S. The van der Waals surface area contributed by atoms with E-state index in [0.717, 1.165) is 23.1 Å². The summed E-state index contributed by atoms with van der Waals surface area (Å²) in [6.07, 6.45) is 0.979. The van der Waals surface area contributed by atoms with E-state index in [-0.39, 0.29) is 17.5 Å². The van der Waals surface area contributed by atoms with Crippen molar-refractivity contribution in [3.63, 3.8) is 0 Å². The van der Waals surface area contributed by atoms with Crippen molar-refractivity contribution < 1.29 is 14.6 Å². The van der Waals surface area contributed by atoms with Crippen molar-refractivity contribution in [2.24, 2.45) is 0 Å². The molecule has 2 rings (SSSR count). The van der Waals surface area contributed by atoms with Crippen LogP contribution in [0.25, 0.3) is 0 Å². The largest absolute Gasteiger partial charge is 0.506 e. The number of carbonyl (C=O) groups is 1. The highest BCUT2D eigenvalue weighted by molar-refractivity contribution is 7.80. The second-order valence-electron chi connectivity index (χ2n) is 6.75. The Labute approximate surface area is 176 Å². The van der Waals surface area contributed by atoms with Gasteiger partial charge in [-0.2, -0.15) is 0 Å². The lowest BCUT2D eigenvalue weighted by Gasteiger charge is -2.15. The third kappa shape index (κ3) is 5.84. The van der Waals surface area contributed by atoms with Crippen molar-refractivity contribution in [2.45, 2.75) is 40.0 Å². The van der Waals surface area contributed by atoms with Crippen LogP contribution >= 0.6 is 23.8 Å². The van der Waals surface area contributed by atoms with Gasteiger partial charge in [-0.05, 0) is 79.4 Å². The molecule has 7 heteroatoms. The van der Waals surface area contributed by atoms with E-state index < -0.39 is 5.91 Å². The third-order valence-corrected chi connectivity index (χ3v) is 5.28. The molecule has 1 unspecified atom stereocenters. The predicted molar refractivity (Wildman–Crippen MR) is 118 cm³/mol. The Kier molecular flexibility index (Phi) is 7.66. The van der Waals surface area contributed by atoms with E-state index in [4.69, 9.17) is 28.6 Å². The van der Waals surface area contributed by atoms with E-state index >= 15 is 0 Å². The molecule has 0 heterocycles. The number of rotatable bonds is 6. The van der Waals surface area contributed by atoms with Gasteiger partial charge in [0.05, 0.1) is 5.69 Å². The number of hydrogen-bond acceptors (Lipinski definition) is 4. The average Bonchev–Trinajstić information content (AvgIpc) is 2.65. The molecule has 0 radical (unpaired) electrons. The van der Waals surface area contributed by atoms with Crippen LogP contribution in [0.5, 0.6) is 11.5 Å². The quantitative estimate of drug-likeness (QED) is 0.449. The van der Waals surface area contributed by atoms with Crippen molar-refractivity contribution in [1.82, 2.24) is 5.32 Å². The first-order valence-electron chi connectivity index (χ1n) is 9.04. The molecule has 0 spiro atoms. The number of nitrogens with one attached hydrogen (secondary N) is 2. The number of aryl methyl sites for hydroxylation is 2. The van der Waals surface area contributed by atoms with Crippen LogP contribution in [0.4, 0.5) is 5.69 Å². The molecule has 1 amide bonds. The number of aromatic hydroxyl groups is 1. The highest BCUT2D eigenvalue weighted by atomic mass is 35.5. The van der Waals surface area contributed by atoms with Gasteiger partial charge in [0.15, 0.2) is 11.7 Å². The van der Waals surface area contributed by atoms with Gasteiger partial charge in [0.1, 0.15) is 11.5 Å². The van der Waals surface area contributed by atoms with E-state index in [0.29, 0.717) is 22.4 Å². The van der Waals surface area contributed by atoms with Crippen molar-refractivity contribution in [3.8, 4) is 11.5 Å². The lowest BCUT2D eigenvalue weighted by Crippen LogP contribution is -2.37. The van der Waals surface area contributed by atoms with Crippen LogP contribution in [-0.2, 0) is 4.79 Å². The molecule has 28 heavy (non-hydrogen) atoms. The fraction of sp³-hybridized carbons (Fsp3) is 0.333. The van der Waals surface area contributed by atoms with E-state index in [1.54, 1.807) is 18.2 Å². The van der Waals surface area contributed by atoms with E-state index in [1.807, 2.05) is 26.0 Å². The minimum atomic E-state index is -0.402. The minimum absolute atomic E-state index is 0.0621. The number of thiocarbonyl (C=S) groups is 1. The maximum atomic E-state index is 12.1. The van der Waals surface area contributed by atoms with Crippen LogP contribution < -0.4 is 15.4 Å². The smallest absolute Gasteiger partial charge is 0.264 e. The fourth-order valence-electron chi connectivity index (χ4n) is 2.65. The first-order chi connectivity index (χ1) is 13.2. The van der Waals surface area contributed by atoms with Crippen LogP contribution in [-0.4, -0.2) is 22.7 Å². The molecule has 0 fully saturated rings. The van der Waals surface area contributed by atoms with Crippen LogP contribution in [0, 0.1) is 13.8 Å². The molecule has 1 atom stereocenters. The van der Waals surface area contributed by atoms with Gasteiger partial charge in [-0.25, -0.2) is 0 Å². The lowest BCUT2D eigenvalue weighted by molar-refractivity contribution is -0.121. The van der Waals surface area contributed by atoms with E-state index in [1.165, 1.54) is 0 Å². The molecule has 0 bridgehead atoms. The number of phenols is 1. The molecule has 0 aliphatic carbocycles. The summed E-state index contributed by atoms with van der Waals surface area (Å²) in [7, 11) is 0. The number of amides is 1. The topological polar surface area (TPSA) is 70.6 Å². The summed E-state index contributed by atoms with van der Waals surface area (Å²) in [5.74, 6) is 0.573. The first kappa shape index (κ1) is 22.0. The monoisotopic (exact) mass is 420 g/mol. The summed E-state index contributed by atoms with van der Waals surface area (Å²) in [5, 5.41) is 16.2. The SMILES string of the molecule is CCC(C)c1ccc(O)c(NC(=S)NC(=O)COc2cc(C)c(Cl)c(C)c2)c1. The molecule has 0 aromatic heterocycles. The van der Waals surface area contributed by atoms with Gasteiger partial charge < -0.3 is 15.2 Å². The first-order valence-corrected chi connectivity index (χ1v) is 9.83. The molecule has 0 saturated heterocycles. The van der Waals surface area contributed by atoms with Gasteiger partial charge in [0, 0.05) is 5.02 Å². The summed E-state index contributed by atoms with van der Waals surface area (Å²) in [4.78, 5) is 12.1. The number of phenolic OH excluding ortho intramolecular Hbond substituents is 1. The number of ether oxygens (including phenoxy) is 1. The van der Waals surface area contributed by atoms with Crippen LogP contribution in [0.3, 0.4) is 0 Å². The normalized spacial score (nSPS) is 11.6. The van der Waals surface area contributed by atoms with Gasteiger partial charge in [-0.1, -0.05) is 31.5 Å². The molecule has 5 nitrogen and oxygen atoms in total. The Bertz CT molecular complexity index is 863. The number of hydrogen-bond donors (Lipinski definition) is 3. The Hall–Kier alpha value is -2.31. The maximum Gasteiger partial charge on any atom is 0.264 e. The van der Waals surface area contributed by atoms with E-state index in [2.05, 4.69) is 24.5 Å². The van der Waals surface area contributed by atoms with Gasteiger partial charge in [-0.15, -0.1) is 0 Å². The molecule has 2 aromatic rings. The second-order valence-corrected chi connectivity index (χ2v) is 7.53. The maximum absolute atomic E-state index is 12.1. The van der Waals surface area contributed by atoms with Gasteiger partial charge in [0.2, 0.25) is 0 Å². The molecular weight excluding hydrogens is 396 g/mol. The lowest BCUT2D eigenvalue weighted by atomic mass is 9.98. The average molecular weight is 421 g/mol. The van der Waals surface area contributed by atoms with Gasteiger partial charge in [-0.3, -0.25) is 10.1 Å². The zero-order valence-corrected chi connectivity index (χ0v) is 18.0. The summed E-state index contributed by atoms with van der Waals surface area (Å²) >= 11 is 11.3. The fourth-order valence-corrected chi connectivity index (χ4v) is 2.98. The summed E-state index contributed by atoms with van der Waals surface area (Å²) in [6, 6.07) is 8.87. The number of anilines is 1. The van der Waals surface area contributed by atoms with Crippen LogP contribution in [0.1, 0.15) is 42.9 Å². The Balaban J connectivity index is 1.93. The van der Waals surface area contributed by atoms with Crippen LogP contribution in [0.15, 0.2) is 30.3 Å². The molecule has 150 valence electrons. The number of benzene rings is 2. The molecule has 2 aromatic carbocycles. The predicted octanol–water partition coefficient (Wildman–Crippen LogP) is 5.07. The molecule has 0 aliphatic rings. The zero-order chi connectivity index (χ0) is 20.8. The summed E-state index contributed by atoms with van der Waals surface area (Å²) in [5.41, 5.74) is 3.29. The minimum Gasteiger partial charge on any atom is -0.506 e. The summed E-state index contributed by atoms with van der Waals surface area (Å²) < 4.78 is 5.52. The van der Waals surface area contributed by atoms with Gasteiger partial charge >= 0.3 is 0 Å². The highest BCUT2D eigenvalue weighted by Crippen LogP contribution is 2.29. The van der Waals surface area contributed by atoms with Crippen LogP contribution in [0.2, 0.25) is 5.02 Å². The van der Waals surface area contributed by atoms with E-state index in [9.17, 15) is 9.90 Å². The molecule has 0 aliphatic heterocycles. The number of halogens is 1. The van der Waals surface area contributed by atoms with Crippen molar-refractivity contribution >= 4 is 40.5 Å². The Morgan fingerprint density at radius 1 is 1.25 bits per heavy atom. The molecule has 3 N–H and O–H groups in total.